The summed E-state index contributed by atoms with van der Waals surface area (Å²) < 4.78 is 5.90. The van der Waals surface area contributed by atoms with Crippen LogP contribution in [0.1, 0.15) is 42.7 Å². The summed E-state index contributed by atoms with van der Waals surface area (Å²) in [6.45, 7) is 0.400. The predicted octanol–water partition coefficient (Wildman–Crippen LogP) is 8.55. The molecule has 6 aromatic carbocycles. The number of amides is 3. The van der Waals surface area contributed by atoms with Crippen LogP contribution in [0.15, 0.2) is 168 Å². The molecular weight excluding hydrogens is 715 g/mol. The Morgan fingerprint density at radius 1 is 0.691 bits per heavy atom. The topological polar surface area (TPSA) is 154 Å². The first-order chi connectivity index (χ1) is 26.7. The molecule has 0 saturated carbocycles. The number of thioether (sulfide) groups is 1. The highest BCUT2D eigenvalue weighted by Gasteiger charge is 2.24. The zero-order chi connectivity index (χ0) is 38.6. The highest BCUT2D eigenvalue weighted by molar-refractivity contribution is 8.00. The second-order valence-corrected chi connectivity index (χ2v) is 13.3. The van der Waals surface area contributed by atoms with E-state index in [1.54, 1.807) is 109 Å². The van der Waals surface area contributed by atoms with E-state index in [4.69, 9.17) is 4.74 Å². The minimum Gasteiger partial charge on any atom is -0.507 e. The van der Waals surface area contributed by atoms with Crippen molar-refractivity contribution in [3.63, 3.8) is 0 Å². The highest BCUT2D eigenvalue weighted by Crippen LogP contribution is 2.37. The van der Waals surface area contributed by atoms with Crippen LogP contribution < -0.4 is 20.7 Å². The largest absolute Gasteiger partial charge is 0.507 e. The number of hydrogen-bond donors (Lipinski definition) is 5. The number of ether oxygens (including phenoxy) is 1. The van der Waals surface area contributed by atoms with Crippen molar-refractivity contribution in [1.82, 2.24) is 5.32 Å². The fourth-order valence-electron chi connectivity index (χ4n) is 5.39. The summed E-state index contributed by atoms with van der Waals surface area (Å²) in [7, 11) is 0. The standard InChI is InChI=1S/C44H35N3O7S/c48-39-24-21-34(27-37(39)44(52)53)46-43(51)40(31-13-6-2-7-14-31)55-36-18-10-17-33(26-36)45-42(50)38(47-41(49)32-15-8-3-9-16-32)25-29-19-22-35(23-20-29)54-28-30-11-4-1-5-12-30/h1-27,40,48H,28H2,(H,45,50)(H,46,51)(H,47,49)(H,52,53)/b38-25+. The summed E-state index contributed by atoms with van der Waals surface area (Å²) in [6.07, 6.45) is 1.57. The van der Waals surface area contributed by atoms with Crippen LogP contribution in [0.4, 0.5) is 11.4 Å². The molecule has 55 heavy (non-hydrogen) atoms. The molecule has 274 valence electrons. The van der Waals surface area contributed by atoms with Crippen LogP contribution in [0, 0.1) is 0 Å². The van der Waals surface area contributed by atoms with Crippen molar-refractivity contribution in [3.05, 3.63) is 191 Å². The predicted molar refractivity (Wildman–Crippen MR) is 213 cm³/mol. The molecule has 0 radical (unpaired) electrons. The van der Waals surface area contributed by atoms with Gasteiger partial charge in [0.15, 0.2) is 0 Å². The van der Waals surface area contributed by atoms with Crippen molar-refractivity contribution < 1.29 is 34.1 Å². The molecule has 0 aliphatic carbocycles. The molecule has 0 bridgehead atoms. The Kier molecular flexibility index (Phi) is 12.4. The number of anilines is 2. The molecule has 3 amide bonds. The maximum Gasteiger partial charge on any atom is 0.339 e. The quantitative estimate of drug-likeness (QED) is 0.0422. The fraction of sp³-hybridized carbons (Fsp3) is 0.0455. The lowest BCUT2D eigenvalue weighted by atomic mass is 10.1. The average Bonchev–Trinajstić information content (AvgIpc) is 3.21. The number of aromatic carboxylic acids is 1. The van der Waals surface area contributed by atoms with Crippen molar-refractivity contribution in [3.8, 4) is 11.5 Å². The number of carbonyl (C=O) groups is 4. The van der Waals surface area contributed by atoms with Crippen molar-refractivity contribution in [2.24, 2.45) is 0 Å². The van der Waals surface area contributed by atoms with Gasteiger partial charge in [0.05, 0.1) is 0 Å². The van der Waals surface area contributed by atoms with Crippen LogP contribution >= 0.6 is 11.8 Å². The van der Waals surface area contributed by atoms with Crippen LogP contribution in [-0.2, 0) is 16.2 Å². The normalized spacial score (nSPS) is 11.5. The Hall–Kier alpha value is -7.11. The summed E-state index contributed by atoms with van der Waals surface area (Å²) >= 11 is 1.22. The molecule has 10 nitrogen and oxygen atoms in total. The van der Waals surface area contributed by atoms with Gasteiger partial charge in [0.25, 0.3) is 11.8 Å². The first-order valence-electron chi connectivity index (χ1n) is 17.1. The Labute approximate surface area is 321 Å². The molecule has 1 atom stereocenters. The van der Waals surface area contributed by atoms with Crippen molar-refractivity contribution in [1.29, 1.82) is 0 Å². The smallest absolute Gasteiger partial charge is 0.339 e. The Bertz CT molecular complexity index is 2320. The molecule has 11 heteroatoms. The fourth-order valence-corrected chi connectivity index (χ4v) is 6.47. The van der Waals surface area contributed by atoms with Crippen molar-refractivity contribution in [2.75, 3.05) is 10.6 Å². The molecule has 0 saturated heterocycles. The van der Waals surface area contributed by atoms with Gasteiger partial charge in [0.1, 0.15) is 34.6 Å². The number of carbonyl (C=O) groups excluding carboxylic acids is 3. The monoisotopic (exact) mass is 749 g/mol. The third-order valence-corrected chi connectivity index (χ3v) is 9.40. The molecule has 0 heterocycles. The van der Waals surface area contributed by atoms with Gasteiger partial charge >= 0.3 is 5.97 Å². The first kappa shape index (κ1) is 37.6. The van der Waals surface area contributed by atoms with Crippen LogP contribution in [0.3, 0.4) is 0 Å². The van der Waals surface area contributed by atoms with E-state index in [0.717, 1.165) is 5.56 Å². The first-order valence-corrected chi connectivity index (χ1v) is 17.9. The Balaban J connectivity index is 1.21. The van der Waals surface area contributed by atoms with Gasteiger partial charge in [-0.2, -0.15) is 0 Å². The molecule has 6 rings (SSSR count). The van der Waals surface area contributed by atoms with Gasteiger partial charge < -0.3 is 30.9 Å². The maximum absolute atomic E-state index is 13.8. The van der Waals surface area contributed by atoms with Crippen LogP contribution in [0.5, 0.6) is 11.5 Å². The summed E-state index contributed by atoms with van der Waals surface area (Å²) in [4.78, 5) is 52.9. The summed E-state index contributed by atoms with van der Waals surface area (Å²) in [5.41, 5.74) is 3.01. The van der Waals surface area contributed by atoms with Gasteiger partial charge in [-0.1, -0.05) is 97.1 Å². The number of aromatic hydroxyl groups is 1. The van der Waals surface area contributed by atoms with Crippen LogP contribution in [0.2, 0.25) is 0 Å². The van der Waals surface area contributed by atoms with E-state index < -0.39 is 34.7 Å². The summed E-state index contributed by atoms with van der Waals surface area (Å²) in [6, 6.07) is 45.3. The Morgan fingerprint density at radius 3 is 2.04 bits per heavy atom. The van der Waals surface area contributed by atoms with Crippen LogP contribution in [0.25, 0.3) is 6.08 Å². The summed E-state index contributed by atoms with van der Waals surface area (Å²) in [5.74, 6) is -2.58. The van der Waals surface area contributed by atoms with E-state index >= 15 is 0 Å². The molecule has 6 aromatic rings. The zero-order valence-electron chi connectivity index (χ0n) is 29.2. The number of carboxylic acid groups (broad SMARTS) is 1. The SMILES string of the molecule is O=C(Nc1cccc(SC(C(=O)Nc2ccc(O)c(C(=O)O)c2)c2ccccc2)c1)/C(=C\c1ccc(OCc2ccccc2)cc1)NC(=O)c1ccccc1. The summed E-state index contributed by atoms with van der Waals surface area (Å²) in [5, 5.41) is 26.9. The molecular formula is C44H35N3O7S. The lowest BCUT2D eigenvalue weighted by Gasteiger charge is -2.18. The van der Waals surface area contributed by atoms with Gasteiger partial charge in [0, 0.05) is 21.8 Å². The van der Waals surface area contributed by atoms with Crippen LogP contribution in [-0.4, -0.2) is 33.9 Å². The van der Waals surface area contributed by atoms with Crippen molar-refractivity contribution in [2.45, 2.75) is 16.8 Å². The number of nitrogens with one attached hydrogen (secondary N) is 3. The highest BCUT2D eigenvalue weighted by atomic mass is 32.2. The number of rotatable bonds is 14. The van der Waals surface area contributed by atoms with E-state index in [9.17, 15) is 29.4 Å². The molecule has 1 unspecified atom stereocenters. The van der Waals surface area contributed by atoms with E-state index in [1.165, 1.54) is 30.0 Å². The average molecular weight is 750 g/mol. The number of hydrogen-bond acceptors (Lipinski definition) is 7. The molecule has 5 N–H and O–H groups in total. The third-order valence-electron chi connectivity index (χ3n) is 8.15. The molecule has 0 fully saturated rings. The second kappa shape index (κ2) is 18.1. The van der Waals surface area contributed by atoms with E-state index in [1.807, 2.05) is 36.4 Å². The maximum atomic E-state index is 13.8. The molecule has 0 spiro atoms. The number of benzene rings is 6. The van der Waals surface area contributed by atoms with Gasteiger partial charge in [-0.15, -0.1) is 11.8 Å². The lowest BCUT2D eigenvalue weighted by molar-refractivity contribution is -0.116. The second-order valence-electron chi connectivity index (χ2n) is 12.1. The van der Waals surface area contributed by atoms with Crippen molar-refractivity contribution >= 4 is 52.9 Å². The molecule has 0 aromatic heterocycles. The lowest BCUT2D eigenvalue weighted by Crippen LogP contribution is -2.30. The minimum absolute atomic E-state index is 0.000955. The number of phenols is 1. The third kappa shape index (κ3) is 10.5. The van der Waals surface area contributed by atoms with Gasteiger partial charge in [-0.3, -0.25) is 14.4 Å². The van der Waals surface area contributed by atoms with E-state index in [-0.39, 0.29) is 16.9 Å². The molecule has 0 aliphatic rings. The van der Waals surface area contributed by atoms with E-state index in [2.05, 4.69) is 16.0 Å². The van der Waals surface area contributed by atoms with Gasteiger partial charge in [-0.05, 0) is 83.4 Å². The Morgan fingerprint density at radius 2 is 1.35 bits per heavy atom. The van der Waals surface area contributed by atoms with E-state index in [0.29, 0.717) is 39.6 Å². The molecule has 0 aliphatic heterocycles. The zero-order valence-corrected chi connectivity index (χ0v) is 30.0. The van der Waals surface area contributed by atoms with Gasteiger partial charge in [-0.25, -0.2) is 4.79 Å². The number of carboxylic acids is 1. The van der Waals surface area contributed by atoms with Gasteiger partial charge in [0.2, 0.25) is 5.91 Å². The minimum atomic E-state index is -1.33.